The number of aryl methyl sites for hydroxylation is 2. The van der Waals surface area contributed by atoms with Crippen LogP contribution in [0.5, 0.6) is 0 Å². The van der Waals surface area contributed by atoms with E-state index in [1.165, 1.54) is 31.2 Å². The van der Waals surface area contributed by atoms with Gasteiger partial charge in [-0.25, -0.2) is 0 Å². The van der Waals surface area contributed by atoms with Gasteiger partial charge in [-0.15, -0.1) is 0 Å². The summed E-state index contributed by atoms with van der Waals surface area (Å²) in [7, 11) is 0. The quantitative estimate of drug-likeness (QED) is 0.878. The SMILES string of the molecule is CCNC(Cc1ccc2c(c1)CCC2)C1CCOC1. The van der Waals surface area contributed by atoms with E-state index in [0.29, 0.717) is 12.0 Å². The minimum Gasteiger partial charge on any atom is -0.381 e. The lowest BCUT2D eigenvalue weighted by Gasteiger charge is -2.23. The molecule has 0 aromatic heterocycles. The molecule has 1 fully saturated rings. The summed E-state index contributed by atoms with van der Waals surface area (Å²) in [6.07, 6.45) is 6.26. The highest BCUT2D eigenvalue weighted by Crippen LogP contribution is 2.25. The Morgan fingerprint density at radius 3 is 3.00 bits per heavy atom. The molecule has 2 nitrogen and oxygen atoms in total. The number of nitrogens with one attached hydrogen (secondary N) is 1. The lowest BCUT2D eigenvalue weighted by molar-refractivity contribution is 0.176. The van der Waals surface area contributed by atoms with Gasteiger partial charge in [-0.05, 0) is 55.3 Å². The summed E-state index contributed by atoms with van der Waals surface area (Å²) < 4.78 is 5.56. The second kappa shape index (κ2) is 6.06. The first-order valence-electron chi connectivity index (χ1n) is 7.78. The minimum atomic E-state index is 0.576. The van der Waals surface area contributed by atoms with Gasteiger partial charge in [0.25, 0.3) is 0 Å². The third-order valence-electron chi connectivity index (χ3n) is 4.62. The molecule has 0 radical (unpaired) electrons. The summed E-state index contributed by atoms with van der Waals surface area (Å²) in [4.78, 5) is 0. The van der Waals surface area contributed by atoms with E-state index in [9.17, 15) is 0 Å². The fraction of sp³-hybridized carbons (Fsp3) is 0.647. The molecular weight excluding hydrogens is 234 g/mol. The topological polar surface area (TPSA) is 21.3 Å². The molecule has 1 heterocycles. The zero-order valence-corrected chi connectivity index (χ0v) is 12.0. The Kier molecular flexibility index (Phi) is 4.19. The molecule has 0 bridgehead atoms. The van der Waals surface area contributed by atoms with Crippen molar-refractivity contribution in [3.63, 3.8) is 0 Å². The van der Waals surface area contributed by atoms with Crippen molar-refractivity contribution in [3.05, 3.63) is 34.9 Å². The smallest absolute Gasteiger partial charge is 0.0510 e. The van der Waals surface area contributed by atoms with Crippen molar-refractivity contribution in [3.8, 4) is 0 Å². The maximum absolute atomic E-state index is 5.56. The summed E-state index contributed by atoms with van der Waals surface area (Å²) in [5.74, 6) is 0.688. The Hall–Kier alpha value is -0.860. The van der Waals surface area contributed by atoms with Gasteiger partial charge in [-0.1, -0.05) is 25.1 Å². The van der Waals surface area contributed by atoms with E-state index in [1.807, 2.05) is 0 Å². The average Bonchev–Trinajstić information content (AvgIpc) is 3.09. The van der Waals surface area contributed by atoms with E-state index in [2.05, 4.69) is 30.4 Å². The Balaban J connectivity index is 1.70. The van der Waals surface area contributed by atoms with Crippen molar-refractivity contribution < 1.29 is 4.74 Å². The molecule has 2 atom stereocenters. The number of likely N-dealkylation sites (N-methyl/N-ethyl adjacent to an activating group) is 1. The molecule has 0 amide bonds. The monoisotopic (exact) mass is 259 g/mol. The van der Waals surface area contributed by atoms with E-state index in [-0.39, 0.29) is 0 Å². The van der Waals surface area contributed by atoms with E-state index in [0.717, 1.165) is 26.2 Å². The van der Waals surface area contributed by atoms with Crippen molar-refractivity contribution in [2.75, 3.05) is 19.8 Å². The summed E-state index contributed by atoms with van der Waals surface area (Å²) in [5.41, 5.74) is 4.67. The summed E-state index contributed by atoms with van der Waals surface area (Å²) in [6, 6.07) is 7.71. The zero-order valence-electron chi connectivity index (χ0n) is 12.0. The zero-order chi connectivity index (χ0) is 13.1. The maximum Gasteiger partial charge on any atom is 0.0510 e. The Morgan fingerprint density at radius 2 is 2.21 bits per heavy atom. The van der Waals surface area contributed by atoms with Crippen LogP contribution in [0.2, 0.25) is 0 Å². The van der Waals surface area contributed by atoms with Gasteiger partial charge in [0.05, 0.1) is 6.61 Å². The van der Waals surface area contributed by atoms with Crippen LogP contribution in [-0.2, 0) is 24.0 Å². The molecule has 2 heteroatoms. The van der Waals surface area contributed by atoms with Crippen LogP contribution < -0.4 is 5.32 Å². The first-order chi connectivity index (χ1) is 9.36. The van der Waals surface area contributed by atoms with Gasteiger partial charge in [0, 0.05) is 18.6 Å². The van der Waals surface area contributed by atoms with Crippen LogP contribution in [0.25, 0.3) is 0 Å². The van der Waals surface area contributed by atoms with E-state index >= 15 is 0 Å². The Morgan fingerprint density at radius 1 is 1.32 bits per heavy atom. The average molecular weight is 259 g/mol. The standard InChI is InChI=1S/C17H25NO/c1-2-18-17(16-8-9-19-12-16)11-13-6-7-14-4-3-5-15(14)10-13/h6-7,10,16-18H,2-5,8-9,11-12H2,1H3. The predicted octanol–water partition coefficient (Wildman–Crippen LogP) is 2.73. The molecule has 104 valence electrons. The van der Waals surface area contributed by atoms with Crippen LogP contribution >= 0.6 is 0 Å². The van der Waals surface area contributed by atoms with Gasteiger partial charge < -0.3 is 10.1 Å². The van der Waals surface area contributed by atoms with E-state index in [1.54, 1.807) is 11.1 Å². The van der Waals surface area contributed by atoms with Crippen LogP contribution in [0.15, 0.2) is 18.2 Å². The van der Waals surface area contributed by atoms with Crippen molar-refractivity contribution in [1.29, 1.82) is 0 Å². The largest absolute Gasteiger partial charge is 0.381 e. The van der Waals surface area contributed by atoms with Crippen LogP contribution in [0.1, 0.15) is 36.5 Å². The summed E-state index contributed by atoms with van der Waals surface area (Å²) in [6.45, 7) is 5.12. The predicted molar refractivity (Wildman–Crippen MR) is 78.6 cm³/mol. The molecule has 1 saturated heterocycles. The van der Waals surface area contributed by atoms with Gasteiger partial charge in [-0.2, -0.15) is 0 Å². The summed E-state index contributed by atoms with van der Waals surface area (Å²) in [5, 5.41) is 3.66. The molecule has 19 heavy (non-hydrogen) atoms. The van der Waals surface area contributed by atoms with Crippen LogP contribution in [0, 0.1) is 5.92 Å². The highest BCUT2D eigenvalue weighted by Gasteiger charge is 2.25. The molecule has 1 N–H and O–H groups in total. The van der Waals surface area contributed by atoms with Crippen molar-refractivity contribution in [1.82, 2.24) is 5.32 Å². The Bertz CT molecular complexity index is 423. The van der Waals surface area contributed by atoms with E-state index in [4.69, 9.17) is 4.74 Å². The maximum atomic E-state index is 5.56. The van der Waals surface area contributed by atoms with Crippen LogP contribution in [-0.4, -0.2) is 25.8 Å². The second-order valence-corrected chi connectivity index (χ2v) is 5.95. The number of rotatable bonds is 5. The lowest BCUT2D eigenvalue weighted by atomic mass is 9.91. The molecule has 1 aliphatic heterocycles. The van der Waals surface area contributed by atoms with Gasteiger partial charge in [0.15, 0.2) is 0 Å². The molecule has 2 unspecified atom stereocenters. The molecule has 1 aliphatic carbocycles. The molecule has 1 aromatic rings. The molecule has 0 saturated carbocycles. The number of hydrogen-bond donors (Lipinski definition) is 1. The normalized spacial score (nSPS) is 23.5. The number of hydrogen-bond acceptors (Lipinski definition) is 2. The van der Waals surface area contributed by atoms with Gasteiger partial charge in [-0.3, -0.25) is 0 Å². The van der Waals surface area contributed by atoms with Gasteiger partial charge in [0.2, 0.25) is 0 Å². The highest BCUT2D eigenvalue weighted by atomic mass is 16.5. The second-order valence-electron chi connectivity index (χ2n) is 5.95. The third kappa shape index (κ3) is 3.01. The van der Waals surface area contributed by atoms with Gasteiger partial charge in [0.1, 0.15) is 0 Å². The first kappa shape index (κ1) is 13.1. The van der Waals surface area contributed by atoms with Crippen molar-refractivity contribution in [2.45, 2.75) is 45.1 Å². The van der Waals surface area contributed by atoms with Crippen molar-refractivity contribution in [2.24, 2.45) is 5.92 Å². The molecule has 1 aromatic carbocycles. The molecular formula is C17H25NO. The molecule has 3 rings (SSSR count). The number of fused-ring (bicyclic) bond motifs is 1. The van der Waals surface area contributed by atoms with Crippen LogP contribution in [0.4, 0.5) is 0 Å². The molecule has 2 aliphatic rings. The fourth-order valence-electron chi connectivity index (χ4n) is 3.54. The minimum absolute atomic E-state index is 0.576. The third-order valence-corrected chi connectivity index (χ3v) is 4.62. The van der Waals surface area contributed by atoms with Crippen LogP contribution in [0.3, 0.4) is 0 Å². The number of benzene rings is 1. The van der Waals surface area contributed by atoms with Crippen molar-refractivity contribution >= 4 is 0 Å². The molecule has 0 spiro atoms. The Labute approximate surface area is 116 Å². The highest BCUT2D eigenvalue weighted by molar-refractivity contribution is 5.35. The fourth-order valence-corrected chi connectivity index (χ4v) is 3.54. The number of ether oxygens (including phenoxy) is 1. The first-order valence-corrected chi connectivity index (χ1v) is 7.78. The lowest BCUT2D eigenvalue weighted by Crippen LogP contribution is -2.38. The summed E-state index contributed by atoms with van der Waals surface area (Å²) >= 11 is 0. The van der Waals surface area contributed by atoms with Gasteiger partial charge >= 0.3 is 0 Å². The van der Waals surface area contributed by atoms with E-state index < -0.39 is 0 Å².